The van der Waals surface area contributed by atoms with Crippen molar-refractivity contribution >= 4 is 22.9 Å². The Morgan fingerprint density at radius 1 is 1.31 bits per heavy atom. The molecule has 0 saturated carbocycles. The third-order valence-electron chi connectivity index (χ3n) is 3.82. The minimum Gasteiger partial charge on any atom is -0.351 e. The summed E-state index contributed by atoms with van der Waals surface area (Å²) in [6.45, 7) is 2.62. The predicted molar refractivity (Wildman–Crippen MR) is 101 cm³/mol. The van der Waals surface area contributed by atoms with Crippen LogP contribution in [0.5, 0.6) is 0 Å². The molecule has 0 spiro atoms. The van der Waals surface area contributed by atoms with Gasteiger partial charge in [-0.15, -0.1) is 11.3 Å². The van der Waals surface area contributed by atoms with Gasteiger partial charge in [0.1, 0.15) is 11.4 Å². The quantitative estimate of drug-likeness (QED) is 0.386. The second-order valence-corrected chi connectivity index (χ2v) is 6.64. The highest BCUT2D eigenvalue weighted by atomic mass is 32.1. The van der Waals surface area contributed by atoms with E-state index in [2.05, 4.69) is 17.3 Å². The smallest absolute Gasteiger partial charge is 0.271 e. The Balaban J connectivity index is 2.03. The van der Waals surface area contributed by atoms with Crippen LogP contribution in [0, 0.1) is 10.1 Å². The third-order valence-corrected chi connectivity index (χ3v) is 4.71. The van der Waals surface area contributed by atoms with Crippen molar-refractivity contribution < 1.29 is 9.72 Å². The van der Waals surface area contributed by atoms with Gasteiger partial charge in [0.25, 0.3) is 11.6 Å². The van der Waals surface area contributed by atoms with Crippen LogP contribution in [0.15, 0.2) is 47.8 Å². The van der Waals surface area contributed by atoms with Gasteiger partial charge in [-0.2, -0.15) is 5.10 Å². The number of thiophene rings is 1. The zero-order valence-electron chi connectivity index (χ0n) is 14.2. The van der Waals surface area contributed by atoms with Crippen LogP contribution in [-0.2, 0) is 0 Å². The van der Waals surface area contributed by atoms with Gasteiger partial charge in [-0.1, -0.05) is 25.5 Å². The Hall–Kier alpha value is -3.00. The molecule has 0 radical (unpaired) electrons. The molecule has 0 fully saturated rings. The zero-order valence-corrected chi connectivity index (χ0v) is 15.0. The highest BCUT2D eigenvalue weighted by molar-refractivity contribution is 7.13. The minimum atomic E-state index is -0.464. The monoisotopic (exact) mass is 370 g/mol. The molecule has 3 aromatic rings. The Kier molecular flexibility index (Phi) is 5.43. The maximum atomic E-state index is 12.6. The van der Waals surface area contributed by atoms with Crippen molar-refractivity contribution in [2.75, 3.05) is 6.54 Å². The van der Waals surface area contributed by atoms with Gasteiger partial charge in [-0.25, -0.2) is 4.68 Å². The fourth-order valence-electron chi connectivity index (χ4n) is 2.49. The first kappa shape index (κ1) is 17.8. The molecule has 0 bridgehead atoms. The lowest BCUT2D eigenvalue weighted by molar-refractivity contribution is -0.384. The topological polar surface area (TPSA) is 90.1 Å². The summed E-state index contributed by atoms with van der Waals surface area (Å²) >= 11 is 1.52. The highest BCUT2D eigenvalue weighted by Gasteiger charge is 2.19. The van der Waals surface area contributed by atoms with Gasteiger partial charge in [0, 0.05) is 18.7 Å². The van der Waals surface area contributed by atoms with Crippen molar-refractivity contribution in [2.24, 2.45) is 0 Å². The maximum absolute atomic E-state index is 12.6. The van der Waals surface area contributed by atoms with Crippen LogP contribution in [0.3, 0.4) is 0 Å². The van der Waals surface area contributed by atoms with E-state index in [0.717, 1.165) is 17.7 Å². The lowest BCUT2D eigenvalue weighted by atomic mass is 10.2. The van der Waals surface area contributed by atoms with E-state index >= 15 is 0 Å². The zero-order chi connectivity index (χ0) is 18.5. The number of non-ortho nitro benzene ring substituents is 1. The van der Waals surface area contributed by atoms with E-state index in [1.165, 1.54) is 28.2 Å². The van der Waals surface area contributed by atoms with Crippen LogP contribution < -0.4 is 5.32 Å². The SMILES string of the molecule is CCCCNC(=O)c1cc(-c2cccs2)nn1-c1cccc([N+](=O)[O-])c1. The molecule has 2 heterocycles. The Morgan fingerprint density at radius 2 is 2.15 bits per heavy atom. The van der Waals surface area contributed by atoms with Crippen molar-refractivity contribution in [2.45, 2.75) is 19.8 Å². The molecule has 2 aromatic heterocycles. The molecule has 0 atom stereocenters. The molecule has 0 aliphatic rings. The van der Waals surface area contributed by atoms with Gasteiger partial charge < -0.3 is 5.32 Å². The molecule has 134 valence electrons. The number of benzene rings is 1. The average Bonchev–Trinajstić information content (AvgIpc) is 3.31. The van der Waals surface area contributed by atoms with E-state index < -0.39 is 4.92 Å². The summed E-state index contributed by atoms with van der Waals surface area (Å²) in [5.41, 5.74) is 1.44. The largest absolute Gasteiger partial charge is 0.351 e. The highest BCUT2D eigenvalue weighted by Crippen LogP contribution is 2.26. The molecule has 0 aliphatic heterocycles. The molecular formula is C18H18N4O3S. The summed E-state index contributed by atoms with van der Waals surface area (Å²) in [4.78, 5) is 24.1. The molecule has 0 unspecified atom stereocenters. The number of carbonyl (C=O) groups is 1. The van der Waals surface area contributed by atoms with Crippen molar-refractivity contribution in [1.29, 1.82) is 0 Å². The van der Waals surface area contributed by atoms with Gasteiger partial charge in [-0.3, -0.25) is 14.9 Å². The fraction of sp³-hybridized carbons (Fsp3) is 0.222. The molecule has 1 amide bonds. The second-order valence-electron chi connectivity index (χ2n) is 5.69. The molecule has 1 N–H and O–H groups in total. The molecule has 3 rings (SSSR count). The minimum absolute atomic E-state index is 0.0481. The van der Waals surface area contributed by atoms with Gasteiger partial charge in [0.2, 0.25) is 0 Å². The lowest BCUT2D eigenvalue weighted by Crippen LogP contribution is -2.26. The number of carbonyl (C=O) groups excluding carboxylic acids is 1. The first-order chi connectivity index (χ1) is 12.6. The van der Waals surface area contributed by atoms with E-state index in [4.69, 9.17) is 0 Å². The van der Waals surface area contributed by atoms with Crippen LogP contribution in [0.4, 0.5) is 5.69 Å². The van der Waals surface area contributed by atoms with Gasteiger partial charge >= 0.3 is 0 Å². The number of nitrogens with one attached hydrogen (secondary N) is 1. The van der Waals surface area contributed by atoms with Crippen LogP contribution >= 0.6 is 11.3 Å². The molecule has 8 heteroatoms. The molecule has 0 aliphatic carbocycles. The Morgan fingerprint density at radius 3 is 2.85 bits per heavy atom. The van der Waals surface area contributed by atoms with Crippen LogP contribution in [0.25, 0.3) is 16.3 Å². The molecule has 7 nitrogen and oxygen atoms in total. The van der Waals surface area contributed by atoms with Crippen LogP contribution in [0.2, 0.25) is 0 Å². The number of amides is 1. The Labute approximate surface area is 154 Å². The van der Waals surface area contributed by atoms with E-state index in [-0.39, 0.29) is 11.6 Å². The van der Waals surface area contributed by atoms with Crippen molar-refractivity contribution in [3.8, 4) is 16.3 Å². The number of nitro groups is 1. The van der Waals surface area contributed by atoms with Crippen LogP contribution in [-0.4, -0.2) is 27.2 Å². The summed E-state index contributed by atoms with van der Waals surface area (Å²) in [5, 5.41) is 20.4. The number of rotatable bonds is 7. The van der Waals surface area contributed by atoms with E-state index in [9.17, 15) is 14.9 Å². The molecular weight excluding hydrogens is 352 g/mol. The lowest BCUT2D eigenvalue weighted by Gasteiger charge is -2.08. The third kappa shape index (κ3) is 3.80. The van der Waals surface area contributed by atoms with Gasteiger partial charge in [0.05, 0.1) is 15.5 Å². The van der Waals surface area contributed by atoms with E-state index in [1.807, 2.05) is 17.5 Å². The summed E-state index contributed by atoms with van der Waals surface area (Å²) in [5.74, 6) is -0.250. The maximum Gasteiger partial charge on any atom is 0.271 e. The normalized spacial score (nSPS) is 10.7. The standard InChI is InChI=1S/C18H18N4O3S/c1-2-3-9-19-18(23)16-12-15(17-8-5-10-26-17)20-21(16)13-6-4-7-14(11-13)22(24)25/h4-8,10-12H,2-3,9H2,1H3,(H,19,23). The molecule has 0 saturated heterocycles. The van der Waals surface area contributed by atoms with Crippen LogP contribution in [0.1, 0.15) is 30.3 Å². The number of aromatic nitrogens is 2. The summed E-state index contributed by atoms with van der Waals surface area (Å²) in [6.07, 6.45) is 1.86. The molecule has 26 heavy (non-hydrogen) atoms. The Bertz CT molecular complexity index is 918. The van der Waals surface area contributed by atoms with Gasteiger partial charge in [-0.05, 0) is 30.0 Å². The van der Waals surface area contributed by atoms with Crippen molar-refractivity contribution in [1.82, 2.24) is 15.1 Å². The first-order valence-electron chi connectivity index (χ1n) is 8.27. The number of nitro benzene ring substituents is 1. The van der Waals surface area contributed by atoms with E-state index in [0.29, 0.717) is 23.6 Å². The number of hydrogen-bond acceptors (Lipinski definition) is 5. The summed E-state index contributed by atoms with van der Waals surface area (Å²) < 4.78 is 1.46. The average molecular weight is 370 g/mol. The summed E-state index contributed by atoms with van der Waals surface area (Å²) in [7, 11) is 0. The number of hydrogen-bond donors (Lipinski definition) is 1. The predicted octanol–water partition coefficient (Wildman–Crippen LogP) is 4.04. The van der Waals surface area contributed by atoms with E-state index in [1.54, 1.807) is 18.2 Å². The number of nitrogens with zero attached hydrogens (tertiary/aromatic N) is 3. The number of unbranched alkanes of at least 4 members (excludes halogenated alkanes) is 1. The van der Waals surface area contributed by atoms with Gasteiger partial charge in [0.15, 0.2) is 0 Å². The summed E-state index contributed by atoms with van der Waals surface area (Å²) in [6, 6.07) is 11.6. The fourth-order valence-corrected chi connectivity index (χ4v) is 3.17. The molecule has 1 aromatic carbocycles. The van der Waals surface area contributed by atoms with Crippen molar-refractivity contribution in [3.05, 3.63) is 63.7 Å². The van der Waals surface area contributed by atoms with Crippen molar-refractivity contribution in [3.63, 3.8) is 0 Å². The second kappa shape index (κ2) is 7.92. The first-order valence-corrected chi connectivity index (χ1v) is 9.15.